The normalized spacial score (nSPS) is 11.1. The first kappa shape index (κ1) is 22.8. The summed E-state index contributed by atoms with van der Waals surface area (Å²) in [6.45, 7) is 3.01. The standard InChI is InChI=1S/C27H25ClN6O/c1-2-8-24-25(28)34(18-19-9-4-3-5-10-19)27(35)33(24)17-20-13-15-21(16-14-20)22-11-6-7-12-23(22)26-29-31-32-30-26/h3-7,9-16H,2,8,17-18H2,1H3,(H,29,30,31,32). The Morgan fingerprint density at radius 2 is 1.49 bits per heavy atom. The molecule has 5 rings (SSSR count). The van der Waals surface area contributed by atoms with Crippen LogP contribution in [0.2, 0.25) is 5.15 Å². The van der Waals surface area contributed by atoms with Crippen LogP contribution < -0.4 is 5.69 Å². The van der Waals surface area contributed by atoms with Gasteiger partial charge in [-0.05, 0) is 33.9 Å². The maximum Gasteiger partial charge on any atom is 0.330 e. The van der Waals surface area contributed by atoms with Crippen LogP contribution >= 0.6 is 11.6 Å². The maximum absolute atomic E-state index is 13.4. The molecule has 0 unspecified atom stereocenters. The molecule has 0 spiro atoms. The zero-order chi connectivity index (χ0) is 24.2. The second-order valence-corrected chi connectivity index (χ2v) is 8.76. The van der Waals surface area contributed by atoms with Crippen molar-refractivity contribution in [3.05, 3.63) is 111 Å². The fraction of sp³-hybridized carbons (Fsp3) is 0.185. The highest BCUT2D eigenvalue weighted by molar-refractivity contribution is 6.30. The number of hydrogen-bond acceptors (Lipinski definition) is 4. The fourth-order valence-corrected chi connectivity index (χ4v) is 4.66. The van der Waals surface area contributed by atoms with E-state index in [-0.39, 0.29) is 5.69 Å². The summed E-state index contributed by atoms with van der Waals surface area (Å²) in [7, 11) is 0. The van der Waals surface area contributed by atoms with Gasteiger partial charge in [-0.3, -0.25) is 9.13 Å². The van der Waals surface area contributed by atoms with Gasteiger partial charge in [-0.2, -0.15) is 5.21 Å². The Morgan fingerprint density at radius 3 is 2.17 bits per heavy atom. The number of H-pyrrole nitrogens is 1. The predicted octanol–water partition coefficient (Wildman–Crippen LogP) is 5.20. The molecule has 8 heteroatoms. The van der Waals surface area contributed by atoms with Gasteiger partial charge in [0.15, 0.2) is 0 Å². The van der Waals surface area contributed by atoms with Crippen LogP contribution in [0.3, 0.4) is 0 Å². The molecule has 0 fully saturated rings. The summed E-state index contributed by atoms with van der Waals surface area (Å²) in [4.78, 5) is 13.4. The Labute approximate surface area is 208 Å². The van der Waals surface area contributed by atoms with Gasteiger partial charge in [0.2, 0.25) is 5.82 Å². The summed E-state index contributed by atoms with van der Waals surface area (Å²) in [5.74, 6) is 0.551. The van der Waals surface area contributed by atoms with Crippen LogP contribution in [0.15, 0.2) is 83.7 Å². The summed E-state index contributed by atoms with van der Waals surface area (Å²) in [6.07, 6.45) is 1.65. The zero-order valence-corrected chi connectivity index (χ0v) is 20.1. The molecule has 176 valence electrons. The van der Waals surface area contributed by atoms with Gasteiger partial charge in [-0.1, -0.05) is 104 Å². The highest BCUT2D eigenvalue weighted by Crippen LogP contribution is 2.30. The first-order chi connectivity index (χ1) is 17.2. The summed E-state index contributed by atoms with van der Waals surface area (Å²) < 4.78 is 3.47. The minimum Gasteiger partial charge on any atom is -0.290 e. The van der Waals surface area contributed by atoms with E-state index >= 15 is 0 Å². The Kier molecular flexibility index (Phi) is 6.59. The number of benzene rings is 3. The van der Waals surface area contributed by atoms with Crippen molar-refractivity contribution in [2.75, 3.05) is 0 Å². The molecule has 0 aliphatic rings. The third-order valence-corrected chi connectivity index (χ3v) is 6.47. The van der Waals surface area contributed by atoms with Gasteiger partial charge < -0.3 is 0 Å². The van der Waals surface area contributed by atoms with E-state index in [4.69, 9.17) is 11.6 Å². The number of hydrogen-bond donors (Lipinski definition) is 1. The van der Waals surface area contributed by atoms with E-state index in [0.29, 0.717) is 24.1 Å². The van der Waals surface area contributed by atoms with Gasteiger partial charge in [0.1, 0.15) is 5.15 Å². The number of aromatic amines is 1. The Bertz CT molecular complexity index is 1470. The van der Waals surface area contributed by atoms with Crippen molar-refractivity contribution < 1.29 is 0 Å². The van der Waals surface area contributed by atoms with Crippen LogP contribution in [0.25, 0.3) is 22.5 Å². The number of aromatic nitrogens is 6. The van der Waals surface area contributed by atoms with E-state index < -0.39 is 0 Å². The number of nitrogens with one attached hydrogen (secondary N) is 1. The average molecular weight is 485 g/mol. The van der Waals surface area contributed by atoms with Crippen molar-refractivity contribution in [1.82, 2.24) is 29.8 Å². The minimum atomic E-state index is -0.0890. The van der Waals surface area contributed by atoms with Gasteiger partial charge in [0.25, 0.3) is 0 Å². The largest absolute Gasteiger partial charge is 0.330 e. The van der Waals surface area contributed by atoms with Gasteiger partial charge in [0.05, 0.1) is 18.8 Å². The smallest absolute Gasteiger partial charge is 0.290 e. The second kappa shape index (κ2) is 10.1. The lowest BCUT2D eigenvalue weighted by Crippen LogP contribution is -2.26. The van der Waals surface area contributed by atoms with Gasteiger partial charge in [0, 0.05) is 5.56 Å². The van der Waals surface area contributed by atoms with E-state index in [1.807, 2.05) is 66.7 Å². The first-order valence-corrected chi connectivity index (χ1v) is 12.0. The highest BCUT2D eigenvalue weighted by atomic mass is 35.5. The SMILES string of the molecule is CCCc1c(Cl)n(Cc2ccccc2)c(=O)n1Cc1ccc(-c2ccccc2-c2nn[nH]n2)cc1. The predicted molar refractivity (Wildman–Crippen MR) is 137 cm³/mol. The maximum atomic E-state index is 13.4. The van der Waals surface area contributed by atoms with E-state index in [2.05, 4.69) is 39.7 Å². The van der Waals surface area contributed by atoms with Crippen molar-refractivity contribution in [2.45, 2.75) is 32.9 Å². The molecule has 3 aromatic carbocycles. The van der Waals surface area contributed by atoms with Gasteiger partial charge in [-0.15, -0.1) is 10.2 Å². The van der Waals surface area contributed by atoms with Crippen molar-refractivity contribution in [2.24, 2.45) is 0 Å². The lowest BCUT2D eigenvalue weighted by atomic mass is 9.98. The molecule has 1 N–H and O–H groups in total. The number of imidazole rings is 1. The molecule has 0 saturated carbocycles. The third kappa shape index (κ3) is 4.68. The average Bonchev–Trinajstić information content (AvgIpc) is 3.51. The van der Waals surface area contributed by atoms with E-state index in [0.717, 1.165) is 46.4 Å². The molecule has 0 radical (unpaired) electrons. The van der Waals surface area contributed by atoms with Crippen molar-refractivity contribution in [3.63, 3.8) is 0 Å². The molecule has 0 saturated heterocycles. The molecule has 0 bridgehead atoms. The van der Waals surface area contributed by atoms with Crippen LogP contribution in [0.1, 0.15) is 30.2 Å². The molecule has 0 aliphatic heterocycles. The number of nitrogens with zero attached hydrogens (tertiary/aromatic N) is 5. The van der Waals surface area contributed by atoms with E-state index in [9.17, 15) is 4.79 Å². The Balaban J connectivity index is 1.45. The van der Waals surface area contributed by atoms with Crippen molar-refractivity contribution in [1.29, 1.82) is 0 Å². The zero-order valence-electron chi connectivity index (χ0n) is 19.4. The summed E-state index contributed by atoms with van der Waals surface area (Å²) in [5, 5.41) is 15.0. The van der Waals surface area contributed by atoms with Crippen LogP contribution in [-0.2, 0) is 19.5 Å². The molecule has 2 heterocycles. The first-order valence-electron chi connectivity index (χ1n) is 11.6. The molecular formula is C27H25ClN6O. The molecule has 35 heavy (non-hydrogen) atoms. The molecule has 0 atom stereocenters. The second-order valence-electron chi connectivity index (χ2n) is 8.41. The summed E-state index contributed by atoms with van der Waals surface area (Å²) in [5.41, 5.74) is 5.81. The fourth-order valence-electron chi connectivity index (χ4n) is 4.33. The van der Waals surface area contributed by atoms with Crippen molar-refractivity contribution >= 4 is 11.6 Å². The van der Waals surface area contributed by atoms with Crippen LogP contribution in [0.4, 0.5) is 0 Å². The quantitative estimate of drug-likeness (QED) is 0.328. The molecule has 7 nitrogen and oxygen atoms in total. The monoisotopic (exact) mass is 484 g/mol. The molecular weight excluding hydrogens is 460 g/mol. The molecule has 2 aromatic heterocycles. The third-order valence-electron chi connectivity index (χ3n) is 6.05. The highest BCUT2D eigenvalue weighted by Gasteiger charge is 2.18. The van der Waals surface area contributed by atoms with E-state index in [1.54, 1.807) is 9.13 Å². The van der Waals surface area contributed by atoms with Crippen LogP contribution in [0, 0.1) is 0 Å². The number of rotatable bonds is 8. The van der Waals surface area contributed by atoms with Crippen LogP contribution in [-0.4, -0.2) is 29.8 Å². The molecule has 5 aromatic rings. The minimum absolute atomic E-state index is 0.0890. The number of tetrazole rings is 1. The lowest BCUT2D eigenvalue weighted by molar-refractivity contribution is 0.664. The summed E-state index contributed by atoms with van der Waals surface area (Å²) >= 11 is 6.72. The number of halogens is 1. The Hall–Kier alpha value is -3.97. The van der Waals surface area contributed by atoms with E-state index in [1.165, 1.54) is 0 Å². The lowest BCUT2D eigenvalue weighted by Gasteiger charge is -2.10. The molecule has 0 amide bonds. The van der Waals surface area contributed by atoms with Crippen molar-refractivity contribution in [3.8, 4) is 22.5 Å². The topological polar surface area (TPSA) is 81.4 Å². The summed E-state index contributed by atoms with van der Waals surface area (Å²) in [6, 6.07) is 26.1. The Morgan fingerprint density at radius 1 is 0.829 bits per heavy atom. The van der Waals surface area contributed by atoms with Gasteiger partial charge >= 0.3 is 5.69 Å². The van der Waals surface area contributed by atoms with Crippen LogP contribution in [0.5, 0.6) is 0 Å². The van der Waals surface area contributed by atoms with Gasteiger partial charge in [-0.25, -0.2) is 4.79 Å². The molecule has 0 aliphatic carbocycles.